The third-order valence-electron chi connectivity index (χ3n) is 2.94. The number of aliphatic carboxylic acids is 1. The fourth-order valence-electron chi connectivity index (χ4n) is 1.91. The Balaban J connectivity index is 1.99. The number of amides is 1. The zero-order chi connectivity index (χ0) is 15.2. The topological polar surface area (TPSA) is 97.4 Å². The van der Waals surface area contributed by atoms with Gasteiger partial charge in [0.15, 0.2) is 5.76 Å². The maximum Gasteiger partial charge on any atom is 0.326 e. The number of hydrogen-bond donors (Lipinski definition) is 2. The lowest BCUT2D eigenvalue weighted by atomic mass is 10.1. The van der Waals surface area contributed by atoms with Crippen molar-refractivity contribution in [3.63, 3.8) is 0 Å². The summed E-state index contributed by atoms with van der Waals surface area (Å²) in [5.74, 6) is -0.901. The number of carbonyl (C=O) groups excluding carboxylic acids is 1. The summed E-state index contributed by atoms with van der Waals surface area (Å²) in [6, 6.07) is 4.09. The van der Waals surface area contributed by atoms with Crippen LogP contribution in [0.15, 0.2) is 35.0 Å². The van der Waals surface area contributed by atoms with Gasteiger partial charge in [0.25, 0.3) is 5.91 Å². The molecule has 7 heteroatoms. The Hall–Kier alpha value is -2.57. The average Bonchev–Trinajstić information content (AvgIpc) is 3.10. The molecule has 2 rings (SSSR count). The molecule has 1 unspecified atom stereocenters. The van der Waals surface area contributed by atoms with Crippen LogP contribution in [0.5, 0.6) is 0 Å². The van der Waals surface area contributed by atoms with Gasteiger partial charge in [-0.15, -0.1) is 0 Å². The van der Waals surface area contributed by atoms with Crippen molar-refractivity contribution in [3.8, 4) is 0 Å². The van der Waals surface area contributed by atoms with E-state index in [-0.39, 0.29) is 5.76 Å². The van der Waals surface area contributed by atoms with Crippen LogP contribution in [0.4, 0.5) is 0 Å². The number of aromatic nitrogens is 2. The van der Waals surface area contributed by atoms with Crippen molar-refractivity contribution in [1.29, 1.82) is 0 Å². The minimum absolute atomic E-state index is 0.0968. The zero-order valence-corrected chi connectivity index (χ0v) is 11.7. The minimum atomic E-state index is -1.05. The number of nitrogens with one attached hydrogen (secondary N) is 1. The Kier molecular flexibility index (Phi) is 4.76. The standard InChI is InChI=1S/C14H17N3O4/c1-2-4-11(14(19)20)16-13(18)12-6-5-10(21-12)9-17-8-3-7-15-17/h3,5-8,11H,2,4,9H2,1H3,(H,16,18)(H,19,20). The Morgan fingerprint density at radius 1 is 1.48 bits per heavy atom. The van der Waals surface area contributed by atoms with Gasteiger partial charge in [-0.25, -0.2) is 4.79 Å². The van der Waals surface area contributed by atoms with E-state index in [2.05, 4.69) is 10.4 Å². The number of carboxylic acids is 1. The second-order valence-corrected chi connectivity index (χ2v) is 4.62. The van der Waals surface area contributed by atoms with Gasteiger partial charge in [0.2, 0.25) is 0 Å². The maximum atomic E-state index is 12.0. The fourth-order valence-corrected chi connectivity index (χ4v) is 1.91. The van der Waals surface area contributed by atoms with Crippen LogP contribution >= 0.6 is 0 Å². The lowest BCUT2D eigenvalue weighted by molar-refractivity contribution is -0.139. The molecular formula is C14H17N3O4. The molecule has 1 amide bonds. The van der Waals surface area contributed by atoms with Gasteiger partial charge in [-0.3, -0.25) is 9.48 Å². The molecule has 2 aromatic rings. The largest absolute Gasteiger partial charge is 0.480 e. The Bertz CT molecular complexity index is 604. The monoisotopic (exact) mass is 291 g/mol. The fraction of sp³-hybridized carbons (Fsp3) is 0.357. The average molecular weight is 291 g/mol. The number of furan rings is 1. The molecule has 0 aromatic carbocycles. The van der Waals surface area contributed by atoms with Crippen LogP contribution in [0.1, 0.15) is 36.1 Å². The van der Waals surface area contributed by atoms with E-state index >= 15 is 0 Å². The van der Waals surface area contributed by atoms with Gasteiger partial charge in [0.05, 0.1) is 6.54 Å². The van der Waals surface area contributed by atoms with Crippen LogP contribution in [0.2, 0.25) is 0 Å². The highest BCUT2D eigenvalue weighted by Crippen LogP contribution is 2.10. The van der Waals surface area contributed by atoms with E-state index in [0.29, 0.717) is 25.1 Å². The molecule has 0 bridgehead atoms. The first-order chi connectivity index (χ1) is 10.1. The summed E-state index contributed by atoms with van der Waals surface area (Å²) in [6.07, 6.45) is 4.48. The molecule has 1 atom stereocenters. The third kappa shape index (κ3) is 3.95. The summed E-state index contributed by atoms with van der Waals surface area (Å²) in [7, 11) is 0. The number of rotatable bonds is 7. The van der Waals surface area contributed by atoms with Gasteiger partial charge >= 0.3 is 5.97 Å². The molecule has 112 valence electrons. The highest BCUT2D eigenvalue weighted by Gasteiger charge is 2.21. The highest BCUT2D eigenvalue weighted by molar-refractivity contribution is 5.94. The first-order valence-electron chi connectivity index (χ1n) is 6.70. The molecule has 7 nitrogen and oxygen atoms in total. The second-order valence-electron chi connectivity index (χ2n) is 4.62. The molecule has 0 spiro atoms. The maximum absolute atomic E-state index is 12.0. The van der Waals surface area contributed by atoms with Crippen molar-refractivity contribution >= 4 is 11.9 Å². The predicted molar refractivity (Wildman–Crippen MR) is 73.8 cm³/mol. The summed E-state index contributed by atoms with van der Waals surface area (Å²) in [5, 5.41) is 15.5. The van der Waals surface area contributed by atoms with Crippen molar-refractivity contribution in [2.24, 2.45) is 0 Å². The number of carbonyl (C=O) groups is 2. The summed E-state index contributed by atoms with van der Waals surface area (Å²) in [4.78, 5) is 23.0. The first-order valence-corrected chi connectivity index (χ1v) is 6.70. The molecule has 0 fully saturated rings. The molecule has 2 aromatic heterocycles. The first kappa shape index (κ1) is 14.8. The molecule has 0 aliphatic carbocycles. The van der Waals surface area contributed by atoms with E-state index in [1.807, 2.05) is 6.92 Å². The lowest BCUT2D eigenvalue weighted by Gasteiger charge is -2.12. The van der Waals surface area contributed by atoms with Crippen molar-refractivity contribution in [3.05, 3.63) is 42.1 Å². The predicted octanol–water partition coefficient (Wildman–Crippen LogP) is 1.51. The SMILES string of the molecule is CCCC(NC(=O)c1ccc(Cn2cccn2)o1)C(=O)O. The van der Waals surface area contributed by atoms with E-state index in [0.717, 1.165) is 0 Å². The quantitative estimate of drug-likeness (QED) is 0.805. The molecular weight excluding hydrogens is 274 g/mol. The molecule has 21 heavy (non-hydrogen) atoms. The van der Waals surface area contributed by atoms with Crippen LogP contribution in [0.25, 0.3) is 0 Å². The zero-order valence-electron chi connectivity index (χ0n) is 11.7. The molecule has 0 aliphatic rings. The molecule has 2 heterocycles. The van der Waals surface area contributed by atoms with Gasteiger partial charge in [-0.05, 0) is 24.6 Å². The number of hydrogen-bond acceptors (Lipinski definition) is 4. The minimum Gasteiger partial charge on any atom is -0.480 e. The summed E-state index contributed by atoms with van der Waals surface area (Å²) < 4.78 is 7.08. The van der Waals surface area contributed by atoms with E-state index in [1.54, 1.807) is 29.2 Å². The van der Waals surface area contributed by atoms with Crippen LogP contribution in [-0.4, -0.2) is 32.8 Å². The molecule has 0 saturated heterocycles. The lowest BCUT2D eigenvalue weighted by Crippen LogP contribution is -2.40. The molecule has 0 radical (unpaired) electrons. The van der Waals surface area contributed by atoms with Gasteiger partial charge in [0.1, 0.15) is 11.8 Å². The van der Waals surface area contributed by atoms with Gasteiger partial charge in [-0.1, -0.05) is 13.3 Å². The van der Waals surface area contributed by atoms with Crippen molar-refractivity contribution in [2.75, 3.05) is 0 Å². The third-order valence-corrected chi connectivity index (χ3v) is 2.94. The van der Waals surface area contributed by atoms with Gasteiger partial charge < -0.3 is 14.8 Å². The molecule has 2 N–H and O–H groups in total. The van der Waals surface area contributed by atoms with Crippen molar-refractivity contribution in [2.45, 2.75) is 32.4 Å². The van der Waals surface area contributed by atoms with E-state index < -0.39 is 17.9 Å². The van der Waals surface area contributed by atoms with E-state index in [9.17, 15) is 9.59 Å². The van der Waals surface area contributed by atoms with Gasteiger partial charge in [0, 0.05) is 12.4 Å². The van der Waals surface area contributed by atoms with Crippen LogP contribution in [0.3, 0.4) is 0 Å². The summed E-state index contributed by atoms with van der Waals surface area (Å²) in [5.41, 5.74) is 0. The molecule has 0 aliphatic heterocycles. The smallest absolute Gasteiger partial charge is 0.326 e. The Morgan fingerprint density at radius 2 is 2.29 bits per heavy atom. The summed E-state index contributed by atoms with van der Waals surface area (Å²) >= 11 is 0. The van der Waals surface area contributed by atoms with Crippen LogP contribution in [0, 0.1) is 0 Å². The van der Waals surface area contributed by atoms with Crippen molar-refractivity contribution in [1.82, 2.24) is 15.1 Å². The number of nitrogens with zero attached hydrogens (tertiary/aromatic N) is 2. The van der Waals surface area contributed by atoms with Crippen molar-refractivity contribution < 1.29 is 19.1 Å². The van der Waals surface area contributed by atoms with Gasteiger partial charge in [-0.2, -0.15) is 5.10 Å². The van der Waals surface area contributed by atoms with Crippen LogP contribution in [-0.2, 0) is 11.3 Å². The second kappa shape index (κ2) is 6.74. The van der Waals surface area contributed by atoms with E-state index in [1.165, 1.54) is 6.07 Å². The normalized spacial score (nSPS) is 12.0. The Labute approximate surface area is 121 Å². The number of carboxylic acid groups (broad SMARTS) is 1. The van der Waals surface area contributed by atoms with E-state index in [4.69, 9.17) is 9.52 Å². The summed E-state index contributed by atoms with van der Waals surface area (Å²) in [6.45, 7) is 2.27. The molecule has 0 saturated carbocycles. The van der Waals surface area contributed by atoms with Crippen LogP contribution < -0.4 is 5.32 Å². The highest BCUT2D eigenvalue weighted by atomic mass is 16.4. The Morgan fingerprint density at radius 3 is 2.90 bits per heavy atom.